The van der Waals surface area contributed by atoms with E-state index in [0.29, 0.717) is 35.4 Å². The Morgan fingerprint density at radius 3 is 2.48 bits per heavy atom. The lowest BCUT2D eigenvalue weighted by Crippen LogP contribution is -2.43. The van der Waals surface area contributed by atoms with Gasteiger partial charge in [-0.1, -0.05) is 53.5 Å². The molecular weight excluding hydrogens is 359 g/mol. The monoisotopic (exact) mass is 378 g/mol. The zero-order valence-electron chi connectivity index (χ0n) is 13.8. The summed E-state index contributed by atoms with van der Waals surface area (Å²) in [5, 5.41) is 3.83. The molecule has 6 heteroatoms. The van der Waals surface area contributed by atoms with E-state index < -0.39 is 0 Å². The zero-order valence-corrected chi connectivity index (χ0v) is 15.3. The van der Waals surface area contributed by atoms with Crippen LogP contribution in [0.1, 0.15) is 22.0 Å². The van der Waals surface area contributed by atoms with Gasteiger partial charge >= 0.3 is 0 Å². The van der Waals surface area contributed by atoms with Crippen molar-refractivity contribution in [2.24, 2.45) is 0 Å². The number of ether oxygens (including phenoxy) is 1. The number of morpholine rings is 1. The predicted molar refractivity (Wildman–Crippen MR) is 100 cm³/mol. The lowest BCUT2D eigenvalue weighted by molar-refractivity contribution is 0.0162. The van der Waals surface area contributed by atoms with Crippen molar-refractivity contribution in [3.05, 3.63) is 69.7 Å². The first-order chi connectivity index (χ1) is 12.1. The number of hydrogen-bond donors (Lipinski definition) is 1. The predicted octanol–water partition coefficient (Wildman–Crippen LogP) is 3.80. The smallest absolute Gasteiger partial charge is 0.251 e. The van der Waals surface area contributed by atoms with E-state index in [2.05, 4.69) is 22.3 Å². The maximum atomic E-state index is 12.5. The summed E-state index contributed by atoms with van der Waals surface area (Å²) >= 11 is 11.9. The molecule has 1 heterocycles. The third-order valence-corrected chi connectivity index (χ3v) is 5.05. The molecule has 0 bridgehead atoms. The molecule has 2 aromatic rings. The van der Waals surface area contributed by atoms with Crippen LogP contribution in [0, 0.1) is 0 Å². The Morgan fingerprint density at radius 2 is 1.80 bits per heavy atom. The number of benzene rings is 2. The highest BCUT2D eigenvalue weighted by Crippen LogP contribution is 2.23. The molecule has 0 spiro atoms. The highest BCUT2D eigenvalue weighted by Gasteiger charge is 2.23. The minimum absolute atomic E-state index is 0.108. The average molecular weight is 379 g/mol. The molecule has 1 aliphatic heterocycles. The lowest BCUT2D eigenvalue weighted by atomic mass is 10.0. The molecule has 1 fully saturated rings. The minimum atomic E-state index is -0.159. The second kappa shape index (κ2) is 8.68. The maximum Gasteiger partial charge on any atom is 0.251 e. The molecular formula is C19H20Cl2N2O2. The van der Waals surface area contributed by atoms with Crippen molar-refractivity contribution in [1.82, 2.24) is 10.2 Å². The minimum Gasteiger partial charge on any atom is -0.379 e. The second-order valence-corrected chi connectivity index (χ2v) is 6.73. The van der Waals surface area contributed by atoms with Gasteiger partial charge in [0.25, 0.3) is 5.91 Å². The van der Waals surface area contributed by atoms with Crippen LogP contribution in [0.15, 0.2) is 48.5 Å². The summed E-state index contributed by atoms with van der Waals surface area (Å²) in [5.74, 6) is -0.159. The van der Waals surface area contributed by atoms with Gasteiger partial charge in [-0.25, -0.2) is 0 Å². The van der Waals surface area contributed by atoms with Crippen LogP contribution in [0.4, 0.5) is 0 Å². The molecule has 0 saturated carbocycles. The van der Waals surface area contributed by atoms with E-state index >= 15 is 0 Å². The number of nitrogens with one attached hydrogen (secondary N) is 1. The Kier molecular flexibility index (Phi) is 6.32. The average Bonchev–Trinajstić information content (AvgIpc) is 2.66. The topological polar surface area (TPSA) is 41.6 Å². The number of halogens is 2. The van der Waals surface area contributed by atoms with Gasteiger partial charge in [0.05, 0.1) is 29.3 Å². The van der Waals surface area contributed by atoms with Crippen LogP contribution in [0.25, 0.3) is 0 Å². The fourth-order valence-corrected chi connectivity index (χ4v) is 3.25. The maximum absolute atomic E-state index is 12.5. The Balaban J connectivity index is 1.71. The second-order valence-electron chi connectivity index (χ2n) is 5.91. The molecule has 3 rings (SSSR count). The molecule has 2 aromatic carbocycles. The Hall–Kier alpha value is -1.59. The summed E-state index contributed by atoms with van der Waals surface area (Å²) in [7, 11) is 0. The van der Waals surface area contributed by atoms with E-state index in [1.807, 2.05) is 18.2 Å². The van der Waals surface area contributed by atoms with E-state index in [4.69, 9.17) is 27.9 Å². The van der Waals surface area contributed by atoms with Gasteiger partial charge in [0.2, 0.25) is 0 Å². The van der Waals surface area contributed by atoms with E-state index in [1.165, 1.54) is 5.56 Å². The standard InChI is InChI=1S/C19H20Cl2N2O2/c20-16-7-6-15(12-17(16)21)19(24)22-13-18(14-4-2-1-3-5-14)23-8-10-25-11-9-23/h1-7,12,18H,8-11,13H2,(H,22,24). The summed E-state index contributed by atoms with van der Waals surface area (Å²) in [6.45, 7) is 3.64. The SMILES string of the molecule is O=C(NCC(c1ccccc1)N1CCOCC1)c1ccc(Cl)c(Cl)c1. The lowest BCUT2D eigenvalue weighted by Gasteiger charge is -2.35. The van der Waals surface area contributed by atoms with Crippen LogP contribution in [0.2, 0.25) is 10.0 Å². The molecule has 0 aromatic heterocycles. The third-order valence-electron chi connectivity index (χ3n) is 4.31. The van der Waals surface area contributed by atoms with Crippen LogP contribution in [0.5, 0.6) is 0 Å². The normalized spacial score (nSPS) is 16.4. The van der Waals surface area contributed by atoms with Crippen LogP contribution in [-0.2, 0) is 4.74 Å². The van der Waals surface area contributed by atoms with Gasteiger partial charge in [-0.15, -0.1) is 0 Å². The quantitative estimate of drug-likeness (QED) is 0.860. The van der Waals surface area contributed by atoms with Gasteiger partial charge in [-0.2, -0.15) is 0 Å². The molecule has 25 heavy (non-hydrogen) atoms. The van der Waals surface area contributed by atoms with Crippen molar-refractivity contribution in [3.63, 3.8) is 0 Å². The molecule has 0 radical (unpaired) electrons. The first-order valence-corrected chi connectivity index (χ1v) is 9.01. The molecule has 1 aliphatic rings. The highest BCUT2D eigenvalue weighted by molar-refractivity contribution is 6.42. The molecule has 1 N–H and O–H groups in total. The van der Waals surface area contributed by atoms with Gasteiger partial charge in [0.1, 0.15) is 0 Å². The van der Waals surface area contributed by atoms with Crippen LogP contribution in [0.3, 0.4) is 0 Å². The first-order valence-electron chi connectivity index (χ1n) is 8.25. The number of carbonyl (C=O) groups excluding carboxylic acids is 1. The summed E-state index contributed by atoms with van der Waals surface area (Å²) in [6, 6.07) is 15.2. The summed E-state index contributed by atoms with van der Waals surface area (Å²) in [5.41, 5.74) is 1.68. The fraction of sp³-hybridized carbons (Fsp3) is 0.316. The van der Waals surface area contributed by atoms with Crippen LogP contribution < -0.4 is 5.32 Å². The number of hydrogen-bond acceptors (Lipinski definition) is 3. The van der Waals surface area contributed by atoms with Crippen molar-refractivity contribution in [2.45, 2.75) is 6.04 Å². The molecule has 0 aliphatic carbocycles. The number of amides is 1. The Labute approximate surface area is 157 Å². The van der Waals surface area contributed by atoms with Crippen molar-refractivity contribution < 1.29 is 9.53 Å². The number of nitrogens with zero attached hydrogens (tertiary/aromatic N) is 1. The molecule has 1 saturated heterocycles. The number of carbonyl (C=O) groups is 1. The fourth-order valence-electron chi connectivity index (χ4n) is 2.95. The van der Waals surface area contributed by atoms with E-state index in [-0.39, 0.29) is 11.9 Å². The van der Waals surface area contributed by atoms with Gasteiger partial charge in [-0.3, -0.25) is 9.69 Å². The van der Waals surface area contributed by atoms with Gasteiger partial charge < -0.3 is 10.1 Å². The van der Waals surface area contributed by atoms with Crippen molar-refractivity contribution >= 4 is 29.1 Å². The van der Waals surface area contributed by atoms with Gasteiger partial charge in [0, 0.05) is 25.2 Å². The largest absolute Gasteiger partial charge is 0.379 e. The van der Waals surface area contributed by atoms with E-state index in [0.717, 1.165) is 13.1 Å². The highest BCUT2D eigenvalue weighted by atomic mass is 35.5. The van der Waals surface area contributed by atoms with Gasteiger partial charge in [0.15, 0.2) is 0 Å². The summed E-state index contributed by atoms with van der Waals surface area (Å²) in [6.07, 6.45) is 0. The van der Waals surface area contributed by atoms with Crippen LogP contribution >= 0.6 is 23.2 Å². The molecule has 1 amide bonds. The van der Waals surface area contributed by atoms with Crippen molar-refractivity contribution in [3.8, 4) is 0 Å². The zero-order chi connectivity index (χ0) is 17.6. The Morgan fingerprint density at radius 1 is 1.08 bits per heavy atom. The van der Waals surface area contributed by atoms with Crippen LogP contribution in [-0.4, -0.2) is 43.7 Å². The molecule has 1 unspecified atom stereocenters. The third kappa shape index (κ3) is 4.73. The Bertz CT molecular complexity index is 719. The van der Waals surface area contributed by atoms with E-state index in [1.54, 1.807) is 18.2 Å². The first kappa shape index (κ1) is 18.2. The molecule has 132 valence electrons. The van der Waals surface area contributed by atoms with Gasteiger partial charge in [-0.05, 0) is 23.8 Å². The van der Waals surface area contributed by atoms with Crippen molar-refractivity contribution in [2.75, 3.05) is 32.8 Å². The summed E-state index contributed by atoms with van der Waals surface area (Å²) < 4.78 is 5.45. The number of rotatable bonds is 5. The molecule has 4 nitrogen and oxygen atoms in total. The molecule has 1 atom stereocenters. The summed E-state index contributed by atoms with van der Waals surface area (Å²) in [4.78, 5) is 14.8. The van der Waals surface area contributed by atoms with Crippen molar-refractivity contribution in [1.29, 1.82) is 0 Å². The van der Waals surface area contributed by atoms with E-state index in [9.17, 15) is 4.79 Å².